The van der Waals surface area contributed by atoms with Gasteiger partial charge in [0.05, 0.1) is 10.5 Å². The molecule has 2 aromatic rings. The fourth-order valence-electron chi connectivity index (χ4n) is 1.51. The van der Waals surface area contributed by atoms with Gasteiger partial charge in [0.25, 0.3) is 10.0 Å². The van der Waals surface area contributed by atoms with Gasteiger partial charge in [0.2, 0.25) is 5.13 Å². The first-order valence-corrected chi connectivity index (χ1v) is 7.76. The van der Waals surface area contributed by atoms with E-state index in [0.717, 1.165) is 17.4 Å². The Hall–Kier alpha value is -2.00. The first-order chi connectivity index (χ1) is 9.29. The maximum absolute atomic E-state index is 12.1. The number of aryl methyl sites for hydroxylation is 2. The molecular weight excluding hydrogens is 302 g/mol. The highest BCUT2D eigenvalue weighted by Gasteiger charge is 2.19. The standard InChI is InChI=1S/C11H11N3O4S2/c1-6-3-4-8(5-9(6)10(15)16)20(17,18)14-11-13-12-7(2)19-11/h3-5H,1-2H3,(H,13,14)(H,15,16). The molecule has 1 heterocycles. The zero-order valence-electron chi connectivity index (χ0n) is 10.6. The topological polar surface area (TPSA) is 109 Å². The van der Waals surface area contributed by atoms with Crippen molar-refractivity contribution in [2.24, 2.45) is 0 Å². The first-order valence-electron chi connectivity index (χ1n) is 5.46. The van der Waals surface area contributed by atoms with E-state index in [1.807, 2.05) is 0 Å². The summed E-state index contributed by atoms with van der Waals surface area (Å²) in [4.78, 5) is 10.9. The van der Waals surface area contributed by atoms with Crippen LogP contribution in [0.1, 0.15) is 20.9 Å². The second kappa shape index (κ2) is 5.17. The number of carbonyl (C=O) groups is 1. The monoisotopic (exact) mass is 313 g/mol. The van der Waals surface area contributed by atoms with Crippen LogP contribution in [0.2, 0.25) is 0 Å². The number of nitrogens with one attached hydrogen (secondary N) is 1. The van der Waals surface area contributed by atoms with Crippen molar-refractivity contribution in [3.8, 4) is 0 Å². The van der Waals surface area contributed by atoms with Crippen LogP contribution in [0.25, 0.3) is 0 Å². The molecule has 2 N–H and O–H groups in total. The number of rotatable bonds is 4. The molecule has 0 spiro atoms. The van der Waals surface area contributed by atoms with Gasteiger partial charge in [0, 0.05) is 0 Å². The van der Waals surface area contributed by atoms with Gasteiger partial charge in [0.15, 0.2) is 0 Å². The molecule has 1 aromatic heterocycles. The number of carboxylic acids is 1. The second-order valence-electron chi connectivity index (χ2n) is 4.01. The Labute approximate surface area is 119 Å². The summed E-state index contributed by atoms with van der Waals surface area (Å²) < 4.78 is 26.5. The van der Waals surface area contributed by atoms with Crippen molar-refractivity contribution in [1.82, 2.24) is 10.2 Å². The lowest BCUT2D eigenvalue weighted by molar-refractivity contribution is 0.0696. The van der Waals surface area contributed by atoms with Crippen molar-refractivity contribution in [3.05, 3.63) is 34.3 Å². The highest BCUT2D eigenvalue weighted by Crippen LogP contribution is 2.21. The van der Waals surface area contributed by atoms with E-state index in [9.17, 15) is 13.2 Å². The lowest BCUT2D eigenvalue weighted by atomic mass is 10.1. The molecule has 0 bridgehead atoms. The molecule has 0 saturated carbocycles. The Kier molecular flexibility index (Phi) is 3.73. The largest absolute Gasteiger partial charge is 0.478 e. The SMILES string of the molecule is Cc1nnc(NS(=O)(=O)c2ccc(C)c(C(=O)O)c2)s1. The van der Waals surface area contributed by atoms with Crippen molar-refractivity contribution in [2.75, 3.05) is 4.72 Å². The smallest absolute Gasteiger partial charge is 0.335 e. The normalized spacial score (nSPS) is 11.3. The molecule has 1 aromatic carbocycles. The summed E-state index contributed by atoms with van der Waals surface area (Å²) in [5, 5.41) is 17.1. The van der Waals surface area contributed by atoms with Gasteiger partial charge in [0.1, 0.15) is 5.01 Å². The molecule has 0 aliphatic rings. The van der Waals surface area contributed by atoms with E-state index in [2.05, 4.69) is 14.9 Å². The van der Waals surface area contributed by atoms with Crippen LogP contribution in [0.4, 0.5) is 5.13 Å². The third-order valence-electron chi connectivity index (χ3n) is 2.50. The fourth-order valence-corrected chi connectivity index (χ4v) is 3.36. The van der Waals surface area contributed by atoms with Gasteiger partial charge in [-0.3, -0.25) is 4.72 Å². The molecule has 0 radical (unpaired) electrons. The summed E-state index contributed by atoms with van der Waals surface area (Å²) in [7, 11) is -3.88. The van der Waals surface area contributed by atoms with Crippen molar-refractivity contribution in [1.29, 1.82) is 0 Å². The molecule has 0 fully saturated rings. The Balaban J connectivity index is 2.39. The van der Waals surface area contributed by atoms with Gasteiger partial charge < -0.3 is 5.11 Å². The number of hydrogen-bond acceptors (Lipinski definition) is 6. The van der Waals surface area contributed by atoms with Crippen LogP contribution in [0.5, 0.6) is 0 Å². The van der Waals surface area contributed by atoms with Crippen LogP contribution in [0, 0.1) is 13.8 Å². The lowest BCUT2D eigenvalue weighted by Gasteiger charge is -2.07. The Morgan fingerprint density at radius 1 is 1.30 bits per heavy atom. The molecule has 0 aliphatic carbocycles. The summed E-state index contributed by atoms with van der Waals surface area (Å²) in [6, 6.07) is 3.91. The minimum absolute atomic E-state index is 0.0543. The highest BCUT2D eigenvalue weighted by molar-refractivity contribution is 7.93. The van der Waals surface area contributed by atoms with Crippen molar-refractivity contribution < 1.29 is 18.3 Å². The van der Waals surface area contributed by atoms with Crippen molar-refractivity contribution in [3.63, 3.8) is 0 Å². The number of aromatic nitrogens is 2. The summed E-state index contributed by atoms with van der Waals surface area (Å²) in [6.45, 7) is 3.30. The lowest BCUT2D eigenvalue weighted by Crippen LogP contribution is -2.14. The quantitative estimate of drug-likeness (QED) is 0.888. The average Bonchev–Trinajstić information content (AvgIpc) is 2.73. The molecule has 9 heteroatoms. The van der Waals surface area contributed by atoms with Crippen LogP contribution in [-0.2, 0) is 10.0 Å². The van der Waals surface area contributed by atoms with Crippen LogP contribution in [0.15, 0.2) is 23.1 Å². The summed E-state index contributed by atoms with van der Waals surface area (Å²) in [5.74, 6) is -1.17. The third-order valence-corrected chi connectivity index (χ3v) is 4.72. The van der Waals surface area contributed by atoms with Crippen molar-refractivity contribution >= 4 is 32.5 Å². The molecule has 0 unspecified atom stereocenters. The Bertz CT molecular complexity index is 768. The Morgan fingerprint density at radius 2 is 2.00 bits per heavy atom. The molecule has 20 heavy (non-hydrogen) atoms. The van der Waals surface area contributed by atoms with Crippen molar-refractivity contribution in [2.45, 2.75) is 18.7 Å². The van der Waals surface area contributed by atoms with E-state index in [1.165, 1.54) is 12.1 Å². The minimum atomic E-state index is -3.88. The number of sulfonamides is 1. The van der Waals surface area contributed by atoms with Crippen LogP contribution < -0.4 is 4.72 Å². The average molecular weight is 313 g/mol. The zero-order valence-corrected chi connectivity index (χ0v) is 12.2. The molecule has 0 atom stereocenters. The van der Waals surface area contributed by atoms with Gasteiger partial charge in [-0.05, 0) is 31.5 Å². The van der Waals surface area contributed by atoms with E-state index in [0.29, 0.717) is 10.6 Å². The van der Waals surface area contributed by atoms with E-state index >= 15 is 0 Å². The first kappa shape index (κ1) is 14.4. The maximum atomic E-state index is 12.1. The number of nitrogens with zero attached hydrogens (tertiary/aromatic N) is 2. The second-order valence-corrected chi connectivity index (χ2v) is 6.88. The van der Waals surface area contributed by atoms with E-state index in [4.69, 9.17) is 5.11 Å². The predicted octanol–water partition coefficient (Wildman–Crippen LogP) is 1.65. The maximum Gasteiger partial charge on any atom is 0.335 e. The highest BCUT2D eigenvalue weighted by atomic mass is 32.2. The summed E-state index contributed by atoms with van der Waals surface area (Å²) in [5.41, 5.74) is 0.435. The van der Waals surface area contributed by atoms with Crippen LogP contribution in [-0.4, -0.2) is 29.7 Å². The minimum Gasteiger partial charge on any atom is -0.478 e. The van der Waals surface area contributed by atoms with Gasteiger partial charge in [-0.25, -0.2) is 13.2 Å². The van der Waals surface area contributed by atoms with Gasteiger partial charge >= 0.3 is 5.97 Å². The summed E-state index contributed by atoms with van der Waals surface area (Å²) >= 11 is 1.09. The van der Waals surface area contributed by atoms with E-state index < -0.39 is 16.0 Å². The number of aromatic carboxylic acids is 1. The van der Waals surface area contributed by atoms with Crippen LogP contribution in [0.3, 0.4) is 0 Å². The van der Waals surface area contributed by atoms with Gasteiger partial charge in [-0.2, -0.15) is 0 Å². The molecular formula is C11H11N3O4S2. The van der Waals surface area contributed by atoms with Gasteiger partial charge in [-0.1, -0.05) is 17.4 Å². The number of benzene rings is 1. The number of carboxylic acid groups (broad SMARTS) is 1. The fraction of sp³-hybridized carbons (Fsp3) is 0.182. The Morgan fingerprint density at radius 3 is 2.55 bits per heavy atom. The molecule has 0 saturated heterocycles. The summed E-state index contributed by atoms with van der Waals surface area (Å²) in [6.07, 6.45) is 0. The van der Waals surface area contributed by atoms with E-state index in [1.54, 1.807) is 13.8 Å². The third kappa shape index (κ3) is 2.94. The number of anilines is 1. The molecule has 0 aliphatic heterocycles. The number of hydrogen-bond donors (Lipinski definition) is 2. The zero-order chi connectivity index (χ0) is 14.9. The molecule has 7 nitrogen and oxygen atoms in total. The van der Waals surface area contributed by atoms with Crippen LogP contribution >= 0.6 is 11.3 Å². The molecule has 2 rings (SSSR count). The predicted molar refractivity (Wildman–Crippen MR) is 73.6 cm³/mol. The van der Waals surface area contributed by atoms with Gasteiger partial charge in [-0.15, -0.1) is 10.2 Å². The molecule has 106 valence electrons. The molecule has 0 amide bonds. The van der Waals surface area contributed by atoms with E-state index in [-0.39, 0.29) is 15.6 Å².